The summed E-state index contributed by atoms with van der Waals surface area (Å²) in [6.45, 7) is 14.5. The molecule has 1 unspecified atom stereocenters. The van der Waals surface area contributed by atoms with E-state index in [2.05, 4.69) is 38.3 Å². The molecule has 1 saturated heterocycles. The summed E-state index contributed by atoms with van der Waals surface area (Å²) >= 11 is 6.71. The first-order valence-corrected chi connectivity index (χ1v) is 12.8. The lowest BCUT2D eigenvalue weighted by molar-refractivity contribution is -0.134. The molecule has 2 aromatic rings. The van der Waals surface area contributed by atoms with E-state index in [9.17, 15) is 14.4 Å². The first-order chi connectivity index (χ1) is 17.5. The van der Waals surface area contributed by atoms with Crippen molar-refractivity contribution in [3.63, 3.8) is 0 Å². The zero-order valence-electron chi connectivity index (χ0n) is 21.8. The Labute approximate surface area is 222 Å². The van der Waals surface area contributed by atoms with Crippen molar-refractivity contribution in [3.05, 3.63) is 59.1 Å². The maximum absolute atomic E-state index is 14.7. The van der Waals surface area contributed by atoms with Gasteiger partial charge in [-0.15, -0.1) is 0 Å². The van der Waals surface area contributed by atoms with E-state index in [-0.39, 0.29) is 23.8 Å². The lowest BCUT2D eigenvalue weighted by Crippen LogP contribution is -2.57. The number of nitriles is 1. The Bertz CT molecular complexity index is 1290. The molecule has 0 spiro atoms. The Balaban J connectivity index is 1.80. The SMILES string of the molecule is C=C1N=C(N2CCN(C(=O)CC)C(CC#N)C2)c2cc(Cl)c(-c3ccccc3F)nc2N1CC(C)(C)C. The normalized spacial score (nSPS) is 17.9. The number of nitrogens with zero attached hydrogens (tertiary/aromatic N) is 6. The molecule has 1 aromatic heterocycles. The largest absolute Gasteiger partial charge is 0.352 e. The zero-order chi connectivity index (χ0) is 26.9. The van der Waals surface area contributed by atoms with Gasteiger partial charge in [-0.05, 0) is 23.6 Å². The van der Waals surface area contributed by atoms with Gasteiger partial charge in [-0.2, -0.15) is 5.26 Å². The summed E-state index contributed by atoms with van der Waals surface area (Å²) in [6.07, 6.45) is 0.618. The number of aromatic nitrogens is 1. The number of amides is 1. The van der Waals surface area contributed by atoms with Crippen molar-refractivity contribution >= 4 is 29.2 Å². The molecular weight excluding hydrogens is 491 g/mol. The number of fused-ring (bicyclic) bond motifs is 1. The van der Waals surface area contributed by atoms with E-state index in [0.29, 0.717) is 71.9 Å². The van der Waals surface area contributed by atoms with Crippen molar-refractivity contribution in [2.75, 3.05) is 31.1 Å². The van der Waals surface area contributed by atoms with Crippen LogP contribution < -0.4 is 4.90 Å². The molecule has 0 N–H and O–H groups in total. The molecule has 0 aliphatic carbocycles. The fourth-order valence-electron chi connectivity index (χ4n) is 4.80. The Hall–Kier alpha value is -3.44. The molecule has 1 atom stereocenters. The Kier molecular flexibility index (Phi) is 7.56. The molecule has 0 bridgehead atoms. The Morgan fingerprint density at radius 2 is 2.00 bits per heavy atom. The third-order valence-electron chi connectivity index (χ3n) is 6.49. The average Bonchev–Trinajstić information content (AvgIpc) is 2.85. The summed E-state index contributed by atoms with van der Waals surface area (Å²) < 4.78 is 14.7. The highest BCUT2D eigenvalue weighted by molar-refractivity contribution is 6.33. The molecule has 2 aliphatic heterocycles. The van der Waals surface area contributed by atoms with E-state index in [1.165, 1.54) is 6.07 Å². The average molecular weight is 523 g/mol. The smallest absolute Gasteiger partial charge is 0.222 e. The number of hydrogen-bond donors (Lipinski definition) is 0. The van der Waals surface area contributed by atoms with Gasteiger partial charge in [0.1, 0.15) is 23.3 Å². The number of amidine groups is 1. The molecular formula is C28H32ClFN6O. The highest BCUT2D eigenvalue weighted by atomic mass is 35.5. The van der Waals surface area contributed by atoms with E-state index in [0.717, 1.165) is 0 Å². The minimum atomic E-state index is -0.404. The third-order valence-corrected chi connectivity index (χ3v) is 6.78. The van der Waals surface area contributed by atoms with Crippen molar-refractivity contribution < 1.29 is 9.18 Å². The van der Waals surface area contributed by atoms with Crippen LogP contribution in [-0.4, -0.2) is 58.7 Å². The lowest BCUT2D eigenvalue weighted by atomic mass is 9.95. The van der Waals surface area contributed by atoms with Gasteiger partial charge in [0.25, 0.3) is 0 Å². The van der Waals surface area contributed by atoms with Gasteiger partial charge >= 0.3 is 0 Å². The first-order valence-electron chi connectivity index (χ1n) is 12.5. The van der Waals surface area contributed by atoms with Gasteiger partial charge in [-0.3, -0.25) is 4.79 Å². The molecule has 1 aromatic carbocycles. The van der Waals surface area contributed by atoms with Crippen molar-refractivity contribution in [2.24, 2.45) is 10.4 Å². The van der Waals surface area contributed by atoms with Crippen LogP contribution in [0.15, 0.2) is 47.7 Å². The summed E-state index contributed by atoms with van der Waals surface area (Å²) in [6, 6.07) is 10.2. The summed E-state index contributed by atoms with van der Waals surface area (Å²) in [4.78, 5) is 28.1. The molecule has 194 valence electrons. The van der Waals surface area contributed by atoms with Gasteiger partial charge in [0.15, 0.2) is 0 Å². The van der Waals surface area contributed by atoms with E-state index >= 15 is 0 Å². The van der Waals surface area contributed by atoms with E-state index in [1.807, 2.05) is 11.8 Å². The summed E-state index contributed by atoms with van der Waals surface area (Å²) in [5, 5.41) is 9.73. The van der Waals surface area contributed by atoms with Gasteiger partial charge < -0.3 is 14.7 Å². The fourth-order valence-corrected chi connectivity index (χ4v) is 5.05. The Morgan fingerprint density at radius 3 is 2.65 bits per heavy atom. The van der Waals surface area contributed by atoms with Crippen LogP contribution in [0.2, 0.25) is 5.02 Å². The van der Waals surface area contributed by atoms with E-state index < -0.39 is 5.82 Å². The molecule has 7 nitrogen and oxygen atoms in total. The van der Waals surface area contributed by atoms with Gasteiger partial charge in [-0.1, -0.05) is 58.0 Å². The summed E-state index contributed by atoms with van der Waals surface area (Å²) in [5.74, 6) is 1.41. The van der Waals surface area contributed by atoms with Crippen molar-refractivity contribution in [3.8, 4) is 17.3 Å². The monoisotopic (exact) mass is 522 g/mol. The van der Waals surface area contributed by atoms with Gasteiger partial charge in [0.2, 0.25) is 5.91 Å². The quantitative estimate of drug-likeness (QED) is 0.533. The van der Waals surface area contributed by atoms with Crippen molar-refractivity contribution in [1.29, 1.82) is 5.26 Å². The van der Waals surface area contributed by atoms with Crippen LogP contribution in [0.4, 0.5) is 10.2 Å². The number of carbonyl (C=O) groups is 1. The highest BCUT2D eigenvalue weighted by Gasteiger charge is 2.36. The maximum atomic E-state index is 14.7. The van der Waals surface area contributed by atoms with Gasteiger partial charge in [-0.25, -0.2) is 14.4 Å². The molecule has 9 heteroatoms. The lowest BCUT2D eigenvalue weighted by Gasteiger charge is -2.44. The highest BCUT2D eigenvalue weighted by Crippen LogP contribution is 2.38. The van der Waals surface area contributed by atoms with Gasteiger partial charge in [0, 0.05) is 38.2 Å². The van der Waals surface area contributed by atoms with Crippen LogP contribution in [0.3, 0.4) is 0 Å². The molecule has 1 amide bonds. The van der Waals surface area contributed by atoms with Crippen molar-refractivity contribution in [1.82, 2.24) is 14.8 Å². The number of carbonyl (C=O) groups excluding carboxylic acids is 1. The van der Waals surface area contributed by atoms with Crippen LogP contribution >= 0.6 is 11.6 Å². The second kappa shape index (κ2) is 10.5. The zero-order valence-corrected chi connectivity index (χ0v) is 22.5. The molecule has 2 aliphatic rings. The van der Waals surface area contributed by atoms with E-state index in [4.69, 9.17) is 21.6 Å². The van der Waals surface area contributed by atoms with Gasteiger partial charge in [0.05, 0.1) is 34.8 Å². The molecule has 3 heterocycles. The molecule has 0 saturated carbocycles. The molecule has 1 fully saturated rings. The molecule has 4 rings (SSSR count). The topological polar surface area (TPSA) is 75.8 Å². The fraction of sp³-hybridized carbons (Fsp3) is 0.429. The second-order valence-electron chi connectivity index (χ2n) is 10.6. The predicted molar refractivity (Wildman–Crippen MR) is 145 cm³/mol. The minimum Gasteiger partial charge on any atom is -0.352 e. The van der Waals surface area contributed by atoms with Crippen molar-refractivity contribution in [2.45, 2.75) is 46.6 Å². The second-order valence-corrected chi connectivity index (χ2v) is 11.0. The first kappa shape index (κ1) is 26.6. The number of hydrogen-bond acceptors (Lipinski definition) is 6. The number of pyridine rings is 1. The van der Waals surface area contributed by atoms with Crippen LogP contribution in [-0.2, 0) is 4.79 Å². The number of rotatable bonds is 4. The number of piperazine rings is 1. The number of anilines is 1. The number of benzene rings is 1. The minimum absolute atomic E-state index is 0.0332. The number of aliphatic imine (C=N–C) groups is 1. The van der Waals surface area contributed by atoms with E-state index in [1.54, 1.807) is 29.2 Å². The maximum Gasteiger partial charge on any atom is 0.222 e. The summed E-state index contributed by atoms with van der Waals surface area (Å²) in [7, 11) is 0. The third kappa shape index (κ3) is 5.47. The van der Waals surface area contributed by atoms with Crippen LogP contribution in [0.5, 0.6) is 0 Å². The predicted octanol–water partition coefficient (Wildman–Crippen LogP) is 5.46. The standard InChI is InChI=1S/C28H32ClFN6O/c1-6-24(37)35-14-13-34(16-19(35)11-12-31)26-21-15-22(29)25(20-9-7-8-10-23(20)30)33-27(21)36(18(2)32-26)17-28(3,4)5/h7-10,15,19H,2,6,11,13-14,16-17H2,1,3-5H3. The number of halogens is 2. The summed E-state index contributed by atoms with van der Waals surface area (Å²) in [5.41, 5.74) is 1.29. The Morgan fingerprint density at radius 1 is 1.27 bits per heavy atom. The molecule has 0 radical (unpaired) electrons. The van der Waals surface area contributed by atoms with Crippen LogP contribution in [0, 0.1) is 22.6 Å². The van der Waals surface area contributed by atoms with Crippen LogP contribution in [0.25, 0.3) is 11.3 Å². The molecule has 37 heavy (non-hydrogen) atoms. The van der Waals surface area contributed by atoms with Crippen LogP contribution in [0.1, 0.15) is 46.1 Å².